The summed E-state index contributed by atoms with van der Waals surface area (Å²) in [5, 5.41) is 14.0. The zero-order chi connectivity index (χ0) is 57.7. The second kappa shape index (κ2) is 61.5. The number of likely N-dealkylation sites (N-methyl/N-ethyl adjacent to an activating group) is 1. The molecule has 3 N–H and O–H groups in total. The lowest BCUT2D eigenvalue weighted by atomic mass is 10.0. The molecule has 0 saturated carbocycles. The summed E-state index contributed by atoms with van der Waals surface area (Å²) < 4.78 is 23.8. The van der Waals surface area contributed by atoms with E-state index < -0.39 is 20.0 Å². The molecule has 0 radical (unpaired) electrons. The predicted molar refractivity (Wildman–Crippen MR) is 346 cm³/mol. The number of aliphatic hydroxyl groups excluding tert-OH is 1. The van der Waals surface area contributed by atoms with E-state index in [1.165, 1.54) is 308 Å². The number of amides is 1. The lowest BCUT2D eigenvalue weighted by molar-refractivity contribution is -0.870. The number of nitrogens with zero attached hydrogens (tertiary/aromatic N) is 1. The van der Waals surface area contributed by atoms with Crippen molar-refractivity contribution in [3.63, 3.8) is 0 Å². The van der Waals surface area contributed by atoms with Crippen LogP contribution in [0.4, 0.5) is 0 Å². The molecule has 0 saturated heterocycles. The van der Waals surface area contributed by atoms with Crippen molar-refractivity contribution >= 4 is 13.7 Å². The molecule has 3 unspecified atom stereocenters. The molecular weight excluding hydrogens is 996 g/mol. The monoisotopic (exact) mass is 1140 g/mol. The van der Waals surface area contributed by atoms with Gasteiger partial charge in [0.05, 0.1) is 39.9 Å². The second-order valence-electron chi connectivity index (χ2n) is 25.6. The van der Waals surface area contributed by atoms with Gasteiger partial charge < -0.3 is 19.8 Å². The van der Waals surface area contributed by atoms with Crippen LogP contribution in [0.25, 0.3) is 0 Å². The normalized spacial score (nSPS) is 13.8. The zero-order valence-electron chi connectivity index (χ0n) is 53.9. The molecule has 3 atom stereocenters. The number of hydrogen-bond donors (Lipinski definition) is 3. The first kappa shape index (κ1) is 78.0. The van der Waals surface area contributed by atoms with Crippen LogP contribution in [0.15, 0.2) is 24.3 Å². The van der Waals surface area contributed by atoms with Gasteiger partial charge in [0.2, 0.25) is 5.91 Å². The van der Waals surface area contributed by atoms with Gasteiger partial charge in [-0.05, 0) is 32.1 Å². The van der Waals surface area contributed by atoms with E-state index in [4.69, 9.17) is 9.05 Å². The molecule has 0 aromatic rings. The number of carbonyl (C=O) groups excluding carboxylic acids is 1. The number of aliphatic hydroxyl groups is 1. The highest BCUT2D eigenvalue weighted by Gasteiger charge is 2.28. The van der Waals surface area contributed by atoms with E-state index in [0.29, 0.717) is 17.4 Å². The van der Waals surface area contributed by atoms with Crippen molar-refractivity contribution < 1.29 is 32.9 Å². The first-order chi connectivity index (χ1) is 38.5. The average Bonchev–Trinajstić information content (AvgIpc) is 3.42. The summed E-state index contributed by atoms with van der Waals surface area (Å²) >= 11 is 0. The molecule has 0 aliphatic carbocycles. The highest BCUT2D eigenvalue weighted by Crippen LogP contribution is 2.43. The molecule has 0 bridgehead atoms. The van der Waals surface area contributed by atoms with Gasteiger partial charge in [0.15, 0.2) is 0 Å². The van der Waals surface area contributed by atoms with Crippen LogP contribution >= 0.6 is 7.82 Å². The molecule has 0 rings (SSSR count). The summed E-state index contributed by atoms with van der Waals surface area (Å²) in [5.74, 6) is -0.178. The number of quaternary nitrogens is 1. The van der Waals surface area contributed by atoms with Crippen LogP contribution in [-0.2, 0) is 18.4 Å². The minimum Gasteiger partial charge on any atom is -0.387 e. The molecule has 0 heterocycles. The van der Waals surface area contributed by atoms with E-state index in [-0.39, 0.29) is 19.1 Å². The van der Waals surface area contributed by atoms with E-state index >= 15 is 0 Å². The summed E-state index contributed by atoms with van der Waals surface area (Å²) in [6, 6.07) is -0.861. The van der Waals surface area contributed by atoms with Crippen LogP contribution in [0.3, 0.4) is 0 Å². The van der Waals surface area contributed by atoms with E-state index in [0.717, 1.165) is 38.5 Å². The molecule has 1 amide bonds. The molecule has 0 aromatic heterocycles. The predicted octanol–water partition coefficient (Wildman–Crippen LogP) is 22.3. The molecule has 9 heteroatoms. The molecular formula is C70H140N2O6P+. The van der Waals surface area contributed by atoms with Gasteiger partial charge in [-0.1, -0.05) is 353 Å². The average molecular weight is 1140 g/mol. The van der Waals surface area contributed by atoms with Gasteiger partial charge in [-0.3, -0.25) is 13.8 Å². The number of phosphoric ester groups is 1. The summed E-state index contributed by atoms with van der Waals surface area (Å²) in [6.07, 6.45) is 80.7. The third kappa shape index (κ3) is 64.4. The van der Waals surface area contributed by atoms with Crippen molar-refractivity contribution in [3.8, 4) is 0 Å². The van der Waals surface area contributed by atoms with Crippen molar-refractivity contribution in [1.29, 1.82) is 0 Å². The van der Waals surface area contributed by atoms with Gasteiger partial charge >= 0.3 is 7.82 Å². The molecule has 8 nitrogen and oxygen atoms in total. The smallest absolute Gasteiger partial charge is 0.387 e. The second-order valence-corrected chi connectivity index (χ2v) is 27.1. The van der Waals surface area contributed by atoms with E-state index in [9.17, 15) is 19.4 Å². The molecule has 0 fully saturated rings. The molecule has 0 aromatic carbocycles. The standard InChI is InChI=1S/C70H139N2O6P/c1-6-8-10-12-14-16-18-20-22-24-26-27-28-29-30-31-32-33-34-35-36-37-38-39-40-41-42-43-44-46-48-50-52-54-56-58-60-62-64-70(74)71-68(67-78-79(75,76)77-66-65-72(3,4)5)69(73)63-61-59-57-55-53-51-49-47-45-25-23-21-19-17-15-13-11-9-7-2/h53,55,61,63,68-69,73H,6-52,54,56-60,62,64-67H2,1-5H3,(H-,71,74,75,76)/p+1/b55-53+,63-61+. The highest BCUT2D eigenvalue weighted by molar-refractivity contribution is 7.47. The van der Waals surface area contributed by atoms with Gasteiger partial charge in [0.25, 0.3) is 0 Å². The quantitative estimate of drug-likeness (QED) is 0.0243. The van der Waals surface area contributed by atoms with Crippen molar-refractivity contribution in [2.24, 2.45) is 0 Å². The van der Waals surface area contributed by atoms with Gasteiger partial charge in [0, 0.05) is 6.42 Å². The number of nitrogens with one attached hydrogen (secondary N) is 1. The van der Waals surface area contributed by atoms with Crippen LogP contribution in [-0.4, -0.2) is 73.4 Å². The van der Waals surface area contributed by atoms with E-state index in [1.54, 1.807) is 6.08 Å². The van der Waals surface area contributed by atoms with Crippen molar-refractivity contribution in [1.82, 2.24) is 5.32 Å². The van der Waals surface area contributed by atoms with Gasteiger partial charge in [-0.25, -0.2) is 4.57 Å². The Bertz CT molecular complexity index is 1340. The maximum Gasteiger partial charge on any atom is 0.472 e. The fourth-order valence-corrected chi connectivity index (χ4v) is 11.7. The largest absolute Gasteiger partial charge is 0.472 e. The van der Waals surface area contributed by atoms with Gasteiger partial charge in [0.1, 0.15) is 13.2 Å². The first-order valence-corrected chi connectivity index (χ1v) is 36.7. The Balaban J connectivity index is 3.93. The highest BCUT2D eigenvalue weighted by atomic mass is 31.2. The van der Waals surface area contributed by atoms with Crippen molar-refractivity contribution in [2.75, 3.05) is 40.9 Å². The fourth-order valence-electron chi connectivity index (χ4n) is 10.9. The van der Waals surface area contributed by atoms with Crippen LogP contribution in [0, 0.1) is 0 Å². The third-order valence-electron chi connectivity index (χ3n) is 16.4. The van der Waals surface area contributed by atoms with Gasteiger partial charge in [-0.2, -0.15) is 0 Å². The number of unbranched alkanes of at least 4 members (excludes halogenated alkanes) is 51. The first-order valence-electron chi connectivity index (χ1n) is 35.2. The van der Waals surface area contributed by atoms with Crippen molar-refractivity contribution in [3.05, 3.63) is 24.3 Å². The molecule has 0 spiro atoms. The number of carbonyl (C=O) groups is 1. The number of rotatable bonds is 66. The molecule has 470 valence electrons. The zero-order valence-corrected chi connectivity index (χ0v) is 54.8. The lowest BCUT2D eigenvalue weighted by Gasteiger charge is -2.25. The number of hydrogen-bond acceptors (Lipinski definition) is 5. The van der Waals surface area contributed by atoms with Crippen LogP contribution < -0.4 is 5.32 Å². The minimum absolute atomic E-state index is 0.0589. The molecule has 0 aliphatic heterocycles. The Morgan fingerprint density at radius 3 is 1.01 bits per heavy atom. The topological polar surface area (TPSA) is 105 Å². The SMILES string of the molecule is CCCCCCCCCCCCCCC/C=C/CC/C=C/C(O)C(COP(=O)(O)OCC[N+](C)(C)C)NC(=O)CCCCCCCCCCCCCCCCCCCCCCCCCCCCCCCCCCCCCCCC. The fraction of sp³-hybridized carbons (Fsp3) is 0.929. The van der Waals surface area contributed by atoms with Crippen LogP contribution in [0.1, 0.15) is 367 Å². The summed E-state index contributed by atoms with van der Waals surface area (Å²) in [6.45, 7) is 4.85. The number of allylic oxidation sites excluding steroid dienone is 3. The minimum atomic E-state index is -4.36. The van der Waals surface area contributed by atoms with Gasteiger partial charge in [-0.15, -0.1) is 0 Å². The summed E-state index contributed by atoms with van der Waals surface area (Å²) in [4.78, 5) is 23.4. The third-order valence-corrected chi connectivity index (χ3v) is 17.4. The Hall–Kier alpha value is -1.02. The summed E-state index contributed by atoms with van der Waals surface area (Å²) in [7, 11) is 1.57. The van der Waals surface area contributed by atoms with Crippen LogP contribution in [0.5, 0.6) is 0 Å². The molecule has 79 heavy (non-hydrogen) atoms. The van der Waals surface area contributed by atoms with E-state index in [2.05, 4.69) is 31.3 Å². The summed E-state index contributed by atoms with van der Waals surface area (Å²) in [5.41, 5.74) is 0. The number of phosphoric acid groups is 1. The Morgan fingerprint density at radius 1 is 0.418 bits per heavy atom. The van der Waals surface area contributed by atoms with E-state index in [1.807, 2.05) is 27.2 Å². The Kier molecular flexibility index (Phi) is 60.7. The van der Waals surface area contributed by atoms with Crippen LogP contribution in [0.2, 0.25) is 0 Å². The Morgan fingerprint density at radius 2 is 0.696 bits per heavy atom. The Labute approximate surface area is 494 Å². The van der Waals surface area contributed by atoms with Crippen molar-refractivity contribution in [2.45, 2.75) is 379 Å². The maximum atomic E-state index is 13.0. The lowest BCUT2D eigenvalue weighted by Crippen LogP contribution is -2.45. The molecule has 0 aliphatic rings. The maximum absolute atomic E-state index is 13.0.